The van der Waals surface area contributed by atoms with Crippen molar-refractivity contribution in [3.63, 3.8) is 0 Å². The zero-order valence-electron chi connectivity index (χ0n) is 13.0. The van der Waals surface area contributed by atoms with Gasteiger partial charge in [0.25, 0.3) is 0 Å². The third kappa shape index (κ3) is 3.42. The van der Waals surface area contributed by atoms with E-state index in [2.05, 4.69) is 40.1 Å². The molecule has 22 heavy (non-hydrogen) atoms. The Hall–Kier alpha value is -1.59. The van der Waals surface area contributed by atoms with E-state index in [9.17, 15) is 4.79 Å². The second kappa shape index (κ2) is 7.11. The third-order valence-corrected chi connectivity index (χ3v) is 4.84. The fourth-order valence-electron chi connectivity index (χ4n) is 3.56. The van der Waals surface area contributed by atoms with Crippen LogP contribution in [0.25, 0.3) is 0 Å². The molecule has 2 heterocycles. The molecule has 1 aromatic rings. The molecule has 5 nitrogen and oxygen atoms in total. The fraction of sp³-hybridized carbons (Fsp3) is 0.588. The lowest BCUT2D eigenvalue weighted by Gasteiger charge is -2.43. The molecule has 0 saturated carbocycles. The molecule has 0 spiro atoms. The van der Waals surface area contributed by atoms with Crippen LogP contribution in [0.1, 0.15) is 12.8 Å². The molecule has 0 bridgehead atoms. The summed E-state index contributed by atoms with van der Waals surface area (Å²) in [6, 6.07) is 11.0. The van der Waals surface area contributed by atoms with Crippen molar-refractivity contribution in [1.82, 2.24) is 9.80 Å². The molecule has 120 valence electrons. The van der Waals surface area contributed by atoms with Crippen LogP contribution in [0.2, 0.25) is 0 Å². The number of amides is 1. The van der Waals surface area contributed by atoms with Gasteiger partial charge in [0.1, 0.15) is 6.61 Å². The van der Waals surface area contributed by atoms with Crippen LogP contribution < -0.4 is 4.90 Å². The second-order valence-corrected chi connectivity index (χ2v) is 6.15. The van der Waals surface area contributed by atoms with Crippen molar-refractivity contribution in [2.24, 2.45) is 0 Å². The average molecular weight is 303 g/mol. The number of rotatable bonds is 3. The molecule has 0 radical (unpaired) electrons. The van der Waals surface area contributed by atoms with Gasteiger partial charge in [-0.15, -0.1) is 0 Å². The number of carbonyl (C=O) groups is 1. The molecule has 1 amide bonds. The molecule has 2 fully saturated rings. The van der Waals surface area contributed by atoms with Crippen molar-refractivity contribution >= 4 is 11.6 Å². The van der Waals surface area contributed by atoms with E-state index >= 15 is 0 Å². The highest BCUT2D eigenvalue weighted by Crippen LogP contribution is 2.20. The van der Waals surface area contributed by atoms with Gasteiger partial charge in [0, 0.05) is 51.0 Å². The van der Waals surface area contributed by atoms with E-state index in [1.165, 1.54) is 5.69 Å². The summed E-state index contributed by atoms with van der Waals surface area (Å²) in [4.78, 5) is 18.4. The van der Waals surface area contributed by atoms with Crippen LogP contribution in [0.4, 0.5) is 5.69 Å². The fourth-order valence-corrected chi connectivity index (χ4v) is 3.56. The Bertz CT molecular complexity index is 486. The van der Waals surface area contributed by atoms with Gasteiger partial charge in [-0.05, 0) is 25.0 Å². The van der Waals surface area contributed by atoms with Gasteiger partial charge in [-0.3, -0.25) is 9.69 Å². The number of aliphatic hydroxyl groups is 1. The van der Waals surface area contributed by atoms with Gasteiger partial charge in [0.2, 0.25) is 5.91 Å². The number of para-hydroxylation sites is 1. The molecule has 1 aromatic carbocycles. The Morgan fingerprint density at radius 1 is 1.09 bits per heavy atom. The molecule has 0 unspecified atom stereocenters. The smallest absolute Gasteiger partial charge is 0.248 e. The summed E-state index contributed by atoms with van der Waals surface area (Å²) in [5.74, 6) is -0.132. The number of hydrogen-bond donors (Lipinski definition) is 1. The van der Waals surface area contributed by atoms with Crippen molar-refractivity contribution in [3.8, 4) is 0 Å². The SMILES string of the molecule is O=C(CO)N1CCC[C@@H](N2CCN(c3ccccc3)CC2)C1. The molecule has 2 saturated heterocycles. The first-order chi connectivity index (χ1) is 10.8. The highest BCUT2D eigenvalue weighted by Gasteiger charge is 2.29. The zero-order valence-corrected chi connectivity index (χ0v) is 13.0. The van der Waals surface area contributed by atoms with Crippen molar-refractivity contribution in [2.75, 3.05) is 50.8 Å². The molecule has 1 N–H and O–H groups in total. The first-order valence-corrected chi connectivity index (χ1v) is 8.20. The van der Waals surface area contributed by atoms with Gasteiger partial charge in [-0.1, -0.05) is 18.2 Å². The Morgan fingerprint density at radius 3 is 2.50 bits per heavy atom. The van der Waals surface area contributed by atoms with Crippen molar-refractivity contribution in [1.29, 1.82) is 0 Å². The Kier molecular flexibility index (Phi) is 4.95. The summed E-state index contributed by atoms with van der Waals surface area (Å²) < 4.78 is 0. The van der Waals surface area contributed by atoms with E-state index in [1.54, 1.807) is 0 Å². The van der Waals surface area contributed by atoms with Crippen molar-refractivity contribution < 1.29 is 9.90 Å². The van der Waals surface area contributed by atoms with E-state index in [0.717, 1.165) is 52.1 Å². The zero-order chi connectivity index (χ0) is 15.4. The molecular formula is C17H25N3O2. The van der Waals surface area contributed by atoms with Gasteiger partial charge in [-0.2, -0.15) is 0 Å². The number of benzene rings is 1. The lowest BCUT2D eigenvalue weighted by atomic mass is 10.0. The predicted octanol–water partition coefficient (Wildman–Crippen LogP) is 0.792. The molecule has 0 aliphatic carbocycles. The van der Waals surface area contributed by atoms with E-state index in [4.69, 9.17) is 5.11 Å². The maximum Gasteiger partial charge on any atom is 0.248 e. The number of piperazine rings is 1. The number of anilines is 1. The molecule has 2 aliphatic rings. The van der Waals surface area contributed by atoms with E-state index < -0.39 is 0 Å². The number of piperidine rings is 1. The number of hydrogen-bond acceptors (Lipinski definition) is 4. The maximum absolute atomic E-state index is 11.7. The van der Waals surface area contributed by atoms with Crippen LogP contribution in [0.5, 0.6) is 0 Å². The number of likely N-dealkylation sites (tertiary alicyclic amines) is 1. The van der Waals surface area contributed by atoms with Crippen LogP contribution >= 0.6 is 0 Å². The summed E-state index contributed by atoms with van der Waals surface area (Å²) in [6.45, 7) is 5.35. The van der Waals surface area contributed by atoms with Crippen molar-refractivity contribution in [2.45, 2.75) is 18.9 Å². The third-order valence-electron chi connectivity index (χ3n) is 4.84. The van der Waals surface area contributed by atoms with Crippen molar-refractivity contribution in [3.05, 3.63) is 30.3 Å². The van der Waals surface area contributed by atoms with Gasteiger partial charge in [-0.25, -0.2) is 0 Å². The predicted molar refractivity (Wildman–Crippen MR) is 86.9 cm³/mol. The largest absolute Gasteiger partial charge is 0.387 e. The van der Waals surface area contributed by atoms with Gasteiger partial charge in [0.15, 0.2) is 0 Å². The van der Waals surface area contributed by atoms with E-state index in [0.29, 0.717) is 6.04 Å². The van der Waals surface area contributed by atoms with E-state index in [1.807, 2.05) is 4.90 Å². The van der Waals surface area contributed by atoms with Crippen LogP contribution in [-0.2, 0) is 4.79 Å². The maximum atomic E-state index is 11.7. The second-order valence-electron chi connectivity index (χ2n) is 6.15. The van der Waals surface area contributed by atoms with Gasteiger partial charge < -0.3 is 14.9 Å². The van der Waals surface area contributed by atoms with Crippen LogP contribution in [0.15, 0.2) is 30.3 Å². The Morgan fingerprint density at radius 2 is 1.82 bits per heavy atom. The minimum atomic E-state index is -0.367. The summed E-state index contributed by atoms with van der Waals surface area (Å²) in [7, 11) is 0. The highest BCUT2D eigenvalue weighted by atomic mass is 16.3. The topological polar surface area (TPSA) is 47.0 Å². The minimum absolute atomic E-state index is 0.132. The number of nitrogens with zero attached hydrogens (tertiary/aromatic N) is 3. The molecule has 3 rings (SSSR count). The Balaban J connectivity index is 1.54. The first kappa shape index (κ1) is 15.3. The molecule has 2 aliphatic heterocycles. The number of aliphatic hydroxyl groups excluding tert-OH is 1. The van der Waals surface area contributed by atoms with Crippen LogP contribution in [0.3, 0.4) is 0 Å². The Labute approximate surface area is 132 Å². The summed E-state index contributed by atoms with van der Waals surface area (Å²) >= 11 is 0. The standard InChI is InChI=1S/C17H25N3O2/c21-14-17(22)20-8-4-7-16(13-20)19-11-9-18(10-12-19)15-5-2-1-3-6-15/h1-3,5-6,16,21H,4,7-14H2/t16-/m1/s1. The highest BCUT2D eigenvalue weighted by molar-refractivity contribution is 5.77. The molecular weight excluding hydrogens is 278 g/mol. The molecule has 0 aromatic heterocycles. The lowest BCUT2D eigenvalue weighted by Crippen LogP contribution is -2.56. The first-order valence-electron chi connectivity index (χ1n) is 8.20. The average Bonchev–Trinajstić information content (AvgIpc) is 2.62. The molecule has 5 heteroatoms. The number of carbonyl (C=O) groups excluding carboxylic acids is 1. The minimum Gasteiger partial charge on any atom is -0.387 e. The summed E-state index contributed by atoms with van der Waals surface area (Å²) in [6.07, 6.45) is 2.19. The van der Waals surface area contributed by atoms with E-state index in [-0.39, 0.29) is 12.5 Å². The van der Waals surface area contributed by atoms with Crippen LogP contribution in [0, 0.1) is 0 Å². The quantitative estimate of drug-likeness (QED) is 0.897. The lowest BCUT2D eigenvalue weighted by molar-refractivity contribution is -0.136. The van der Waals surface area contributed by atoms with Crippen LogP contribution in [-0.4, -0.2) is 72.7 Å². The van der Waals surface area contributed by atoms with Gasteiger partial charge in [0.05, 0.1) is 0 Å². The summed E-state index contributed by atoms with van der Waals surface area (Å²) in [5.41, 5.74) is 1.29. The van der Waals surface area contributed by atoms with Gasteiger partial charge >= 0.3 is 0 Å². The normalized spacial score (nSPS) is 23.6. The summed E-state index contributed by atoms with van der Waals surface area (Å²) in [5, 5.41) is 9.03. The molecule has 1 atom stereocenters. The monoisotopic (exact) mass is 303 g/mol.